The van der Waals surface area contributed by atoms with Crippen LogP contribution in [0.1, 0.15) is 37.4 Å². The Morgan fingerprint density at radius 2 is 1.52 bits per heavy atom. The molecule has 0 saturated carbocycles. The number of hydrogen-bond acceptors (Lipinski definition) is 5. The third-order valence-corrected chi connectivity index (χ3v) is 4.03. The zero-order chi connectivity index (χ0) is 16.7. The van der Waals surface area contributed by atoms with E-state index in [-0.39, 0.29) is 28.3 Å². The van der Waals surface area contributed by atoms with Gasteiger partial charge in [-0.15, -0.1) is 0 Å². The molecule has 2 aromatic carbocycles. The zero-order valence-corrected chi connectivity index (χ0v) is 13.4. The van der Waals surface area contributed by atoms with Crippen molar-refractivity contribution >= 4 is 11.6 Å². The second kappa shape index (κ2) is 5.43. The van der Waals surface area contributed by atoms with Gasteiger partial charge in [-0.25, -0.2) is 0 Å². The number of hydrogen-bond donors (Lipinski definition) is 0. The van der Waals surface area contributed by atoms with Crippen LogP contribution in [0.25, 0.3) is 0 Å². The highest BCUT2D eigenvalue weighted by atomic mass is 16.5. The van der Waals surface area contributed by atoms with E-state index in [2.05, 4.69) is 0 Å². The van der Waals surface area contributed by atoms with Crippen molar-refractivity contribution in [3.63, 3.8) is 0 Å². The van der Waals surface area contributed by atoms with Crippen molar-refractivity contribution in [2.24, 2.45) is 0 Å². The fraction of sp³-hybridized carbons (Fsp3) is 0.222. The average molecular weight is 312 g/mol. The van der Waals surface area contributed by atoms with Gasteiger partial charge in [-0.3, -0.25) is 9.59 Å². The standard InChI is InChI=1S/C18H16O5/c1-9-5-6-11-15(18(9)23-4)17(20)14-12(16(11)19)7-10(21-2)8-13(14)22-3/h5-8H,1-4H3. The topological polar surface area (TPSA) is 61.8 Å². The molecule has 5 heteroatoms. The number of ether oxygens (including phenoxy) is 3. The molecule has 0 fully saturated rings. The maximum atomic E-state index is 13.0. The van der Waals surface area contributed by atoms with Gasteiger partial charge in [0.1, 0.15) is 17.2 Å². The lowest BCUT2D eigenvalue weighted by Gasteiger charge is -2.22. The lowest BCUT2D eigenvalue weighted by Crippen LogP contribution is -2.23. The average Bonchev–Trinajstić information content (AvgIpc) is 2.57. The number of methoxy groups -OCH3 is 3. The normalized spacial score (nSPS) is 12.5. The van der Waals surface area contributed by atoms with Crippen LogP contribution in [0.15, 0.2) is 24.3 Å². The van der Waals surface area contributed by atoms with E-state index >= 15 is 0 Å². The van der Waals surface area contributed by atoms with Crippen LogP contribution in [0.4, 0.5) is 0 Å². The fourth-order valence-electron chi connectivity index (χ4n) is 2.92. The van der Waals surface area contributed by atoms with Gasteiger partial charge < -0.3 is 14.2 Å². The van der Waals surface area contributed by atoms with E-state index in [1.807, 2.05) is 6.92 Å². The first-order valence-corrected chi connectivity index (χ1v) is 7.06. The van der Waals surface area contributed by atoms with E-state index in [4.69, 9.17) is 14.2 Å². The third kappa shape index (κ3) is 2.08. The van der Waals surface area contributed by atoms with Crippen LogP contribution in [0, 0.1) is 6.92 Å². The Balaban J connectivity index is 2.36. The Hall–Kier alpha value is -2.82. The van der Waals surface area contributed by atoms with E-state index in [1.54, 1.807) is 24.3 Å². The number of aryl methyl sites for hydroxylation is 1. The summed E-state index contributed by atoms with van der Waals surface area (Å²) in [6.45, 7) is 1.83. The summed E-state index contributed by atoms with van der Waals surface area (Å²) in [4.78, 5) is 25.9. The van der Waals surface area contributed by atoms with Crippen LogP contribution in [-0.4, -0.2) is 32.9 Å². The van der Waals surface area contributed by atoms with Crippen LogP contribution < -0.4 is 14.2 Å². The van der Waals surface area contributed by atoms with Gasteiger partial charge in [0, 0.05) is 17.2 Å². The Morgan fingerprint density at radius 1 is 0.783 bits per heavy atom. The van der Waals surface area contributed by atoms with Crippen molar-refractivity contribution in [2.75, 3.05) is 21.3 Å². The number of ketones is 2. The largest absolute Gasteiger partial charge is 0.497 e. The molecule has 0 aliphatic heterocycles. The number of fused-ring (bicyclic) bond motifs is 2. The van der Waals surface area contributed by atoms with Crippen LogP contribution in [0.3, 0.4) is 0 Å². The molecule has 0 unspecified atom stereocenters. The van der Waals surface area contributed by atoms with Gasteiger partial charge in [0.25, 0.3) is 0 Å². The summed E-state index contributed by atoms with van der Waals surface area (Å²) in [6.07, 6.45) is 0. The highest BCUT2D eigenvalue weighted by Crippen LogP contribution is 2.40. The van der Waals surface area contributed by atoms with E-state index in [0.717, 1.165) is 5.56 Å². The lowest BCUT2D eigenvalue weighted by atomic mass is 9.82. The summed E-state index contributed by atoms with van der Waals surface area (Å²) in [5.41, 5.74) is 1.94. The van der Waals surface area contributed by atoms with Gasteiger partial charge in [0.15, 0.2) is 5.78 Å². The molecular weight excluding hydrogens is 296 g/mol. The molecular formula is C18H16O5. The number of carbonyl (C=O) groups is 2. The molecule has 118 valence electrons. The second-order valence-electron chi connectivity index (χ2n) is 5.25. The molecule has 23 heavy (non-hydrogen) atoms. The first-order valence-electron chi connectivity index (χ1n) is 7.06. The molecule has 0 saturated heterocycles. The van der Waals surface area contributed by atoms with Gasteiger partial charge in [-0.05, 0) is 24.6 Å². The molecule has 0 spiro atoms. The van der Waals surface area contributed by atoms with Crippen molar-refractivity contribution < 1.29 is 23.8 Å². The first-order chi connectivity index (χ1) is 11.0. The SMILES string of the molecule is COc1cc(OC)c2c(c1)C(=O)c1ccc(C)c(OC)c1C2=O. The predicted octanol–water partition coefficient (Wildman–Crippen LogP) is 2.80. The molecule has 0 heterocycles. The maximum Gasteiger partial charge on any atom is 0.201 e. The van der Waals surface area contributed by atoms with Crippen molar-refractivity contribution in [3.8, 4) is 17.2 Å². The monoisotopic (exact) mass is 312 g/mol. The smallest absolute Gasteiger partial charge is 0.201 e. The van der Waals surface area contributed by atoms with Crippen LogP contribution in [-0.2, 0) is 0 Å². The van der Waals surface area contributed by atoms with Crippen molar-refractivity contribution in [2.45, 2.75) is 6.92 Å². The summed E-state index contributed by atoms with van der Waals surface area (Å²) < 4.78 is 15.8. The maximum absolute atomic E-state index is 13.0. The molecule has 5 nitrogen and oxygen atoms in total. The second-order valence-corrected chi connectivity index (χ2v) is 5.25. The van der Waals surface area contributed by atoms with Crippen LogP contribution in [0.2, 0.25) is 0 Å². The molecule has 0 atom stereocenters. The molecule has 1 aliphatic rings. The molecule has 3 rings (SSSR count). The Morgan fingerprint density at radius 3 is 2.13 bits per heavy atom. The number of benzene rings is 2. The zero-order valence-electron chi connectivity index (χ0n) is 13.4. The highest BCUT2D eigenvalue weighted by Gasteiger charge is 2.35. The number of rotatable bonds is 3. The number of carbonyl (C=O) groups excluding carboxylic acids is 2. The van der Waals surface area contributed by atoms with Crippen molar-refractivity contribution in [1.29, 1.82) is 0 Å². The highest BCUT2D eigenvalue weighted by molar-refractivity contribution is 6.30. The Labute approximate surface area is 133 Å². The lowest BCUT2D eigenvalue weighted by molar-refractivity contribution is 0.0973. The van der Waals surface area contributed by atoms with E-state index in [0.29, 0.717) is 22.8 Å². The molecule has 0 N–H and O–H groups in total. The molecule has 0 bridgehead atoms. The van der Waals surface area contributed by atoms with Crippen LogP contribution >= 0.6 is 0 Å². The van der Waals surface area contributed by atoms with Crippen LogP contribution in [0.5, 0.6) is 17.2 Å². The molecule has 2 aromatic rings. The van der Waals surface area contributed by atoms with Gasteiger partial charge >= 0.3 is 0 Å². The molecule has 1 aliphatic carbocycles. The van der Waals surface area contributed by atoms with Gasteiger partial charge in [-0.2, -0.15) is 0 Å². The summed E-state index contributed by atoms with van der Waals surface area (Å²) in [6, 6.07) is 6.58. The fourth-order valence-corrected chi connectivity index (χ4v) is 2.92. The van der Waals surface area contributed by atoms with Gasteiger partial charge in [0.2, 0.25) is 5.78 Å². The summed E-state index contributed by atoms with van der Waals surface area (Å²) in [5.74, 6) is 0.667. The predicted molar refractivity (Wildman–Crippen MR) is 84.1 cm³/mol. The quantitative estimate of drug-likeness (QED) is 0.744. The minimum Gasteiger partial charge on any atom is -0.497 e. The molecule has 0 amide bonds. The van der Waals surface area contributed by atoms with Crippen molar-refractivity contribution in [3.05, 3.63) is 52.1 Å². The summed E-state index contributed by atoms with van der Waals surface area (Å²) in [5, 5.41) is 0. The third-order valence-electron chi connectivity index (χ3n) is 4.03. The van der Waals surface area contributed by atoms with Crippen molar-refractivity contribution in [1.82, 2.24) is 0 Å². The minimum atomic E-state index is -0.283. The first kappa shape index (κ1) is 15.1. The van der Waals surface area contributed by atoms with E-state index < -0.39 is 0 Å². The Kier molecular flexibility index (Phi) is 3.56. The Bertz CT molecular complexity index is 836. The van der Waals surface area contributed by atoms with E-state index in [9.17, 15) is 9.59 Å². The van der Waals surface area contributed by atoms with Gasteiger partial charge in [0.05, 0.1) is 32.5 Å². The van der Waals surface area contributed by atoms with Gasteiger partial charge in [-0.1, -0.05) is 6.07 Å². The minimum absolute atomic E-state index is 0.245. The molecule has 0 aromatic heterocycles. The summed E-state index contributed by atoms with van der Waals surface area (Å²) >= 11 is 0. The van der Waals surface area contributed by atoms with E-state index in [1.165, 1.54) is 21.3 Å². The molecule has 0 radical (unpaired) electrons. The summed E-state index contributed by atoms with van der Waals surface area (Å²) in [7, 11) is 4.44.